The smallest absolute Gasteiger partial charge is 0.0554 e. The highest BCUT2D eigenvalue weighted by Crippen LogP contribution is 1.76. The molecule has 0 unspecified atom stereocenters. The van der Waals surface area contributed by atoms with Crippen LogP contribution in [-0.2, 0) is 0 Å². The zero-order valence-corrected chi connectivity index (χ0v) is 5.64. The lowest BCUT2D eigenvalue weighted by molar-refractivity contribution is 0.886. The average molecular weight is 117 g/mol. The fourth-order valence-corrected chi connectivity index (χ4v) is 0. The van der Waals surface area contributed by atoms with Crippen LogP contribution in [-0.4, -0.2) is 5.16 Å². The van der Waals surface area contributed by atoms with E-state index in [0.29, 0.717) is 0 Å². The Kier molecular flexibility index (Phi) is 24.2. The van der Waals surface area contributed by atoms with Crippen LogP contribution in [0, 0.1) is 5.41 Å². The van der Waals surface area contributed by atoms with Crippen LogP contribution in [0.25, 0.3) is 0 Å². The van der Waals surface area contributed by atoms with Crippen LogP contribution < -0.4 is 0 Å². The molecule has 2 heteroatoms. The summed E-state index contributed by atoms with van der Waals surface area (Å²) in [4.78, 5) is 0. The molecule has 0 aromatic carbocycles. The third-order valence-electron chi connectivity index (χ3n) is 0.500. The van der Waals surface area contributed by atoms with Gasteiger partial charge in [-0.15, -0.1) is 0 Å². The van der Waals surface area contributed by atoms with Gasteiger partial charge in [-0.2, -0.15) is 0 Å². The maximum absolute atomic E-state index is 5.77. The summed E-state index contributed by atoms with van der Waals surface area (Å²) in [7, 11) is 0. The molecule has 42 valence electrons. The third-order valence-corrected chi connectivity index (χ3v) is 0.500. The van der Waals surface area contributed by atoms with Gasteiger partial charge in [-0.1, -0.05) is 26.7 Å². The van der Waals surface area contributed by atoms with Crippen molar-refractivity contribution in [3.63, 3.8) is 0 Å². The highest BCUT2D eigenvalue weighted by molar-refractivity contribution is 7.78. The molecule has 1 nitrogen and oxygen atoms in total. The molecule has 0 saturated heterocycles. The molecule has 0 saturated carbocycles. The van der Waals surface area contributed by atoms with Crippen molar-refractivity contribution in [1.29, 1.82) is 5.41 Å². The number of rotatable bonds is 1. The second kappa shape index (κ2) is 17.0. The highest BCUT2D eigenvalue weighted by Gasteiger charge is 1.56. The molecule has 0 radical (unpaired) electrons. The number of nitrogens with one attached hydrogen (secondary N) is 1. The van der Waals surface area contributed by atoms with Crippen molar-refractivity contribution < 1.29 is 0 Å². The van der Waals surface area contributed by atoms with Gasteiger partial charge in [0.1, 0.15) is 0 Å². The Hall–Kier alpha value is -0.200. The Morgan fingerprint density at radius 2 is 1.57 bits per heavy atom. The molecule has 0 atom stereocenters. The van der Waals surface area contributed by atoms with Crippen molar-refractivity contribution in [3.05, 3.63) is 0 Å². The number of thiocarbonyl (C=S) groups is 1. The maximum Gasteiger partial charge on any atom is 0.0554 e. The van der Waals surface area contributed by atoms with Gasteiger partial charge in [0.05, 0.1) is 5.16 Å². The Morgan fingerprint density at radius 1 is 1.43 bits per heavy atom. The van der Waals surface area contributed by atoms with Gasteiger partial charge in [0.25, 0.3) is 0 Å². The molecule has 1 N–H and O–H groups in total. The first-order valence-corrected chi connectivity index (χ1v) is 2.78. The molecule has 0 aliphatic heterocycles. The fraction of sp³-hybridized carbons (Fsp3) is 0.800. The van der Waals surface area contributed by atoms with Gasteiger partial charge in [-0.25, -0.2) is 5.41 Å². The second-order valence-electron chi connectivity index (χ2n) is 1.10. The molecule has 0 spiro atoms. The van der Waals surface area contributed by atoms with Crippen LogP contribution in [0.15, 0.2) is 0 Å². The van der Waals surface area contributed by atoms with Crippen molar-refractivity contribution in [2.24, 2.45) is 0 Å². The van der Waals surface area contributed by atoms with E-state index in [1.165, 1.54) is 12.8 Å². The molecule has 7 heavy (non-hydrogen) atoms. The quantitative estimate of drug-likeness (QED) is 0.414. The molecule has 0 bridgehead atoms. The summed E-state index contributed by atoms with van der Waals surface area (Å²) in [5.74, 6) is 0. The first kappa shape index (κ1) is 9.93. The summed E-state index contributed by atoms with van der Waals surface area (Å²) in [6, 6.07) is 0. The lowest BCUT2D eigenvalue weighted by atomic mass is 10.4. The molecule has 0 aromatic heterocycles. The first-order chi connectivity index (χ1) is 3.33. The fourth-order valence-electron chi connectivity index (χ4n) is 0. The van der Waals surface area contributed by atoms with Crippen LogP contribution in [0.2, 0.25) is 0 Å². The molecule has 0 rings (SSSR count). The number of hydrogen-bond acceptors (Lipinski definition) is 2. The SMILES string of the molecule is CCCC.N=C=S. The van der Waals surface area contributed by atoms with Crippen LogP contribution in [0.3, 0.4) is 0 Å². The van der Waals surface area contributed by atoms with Crippen molar-refractivity contribution in [3.8, 4) is 0 Å². The molecule has 0 heterocycles. The van der Waals surface area contributed by atoms with Crippen LogP contribution >= 0.6 is 12.2 Å². The van der Waals surface area contributed by atoms with Crippen molar-refractivity contribution in [2.75, 3.05) is 0 Å². The molecule has 0 fully saturated rings. The van der Waals surface area contributed by atoms with Crippen molar-refractivity contribution in [2.45, 2.75) is 26.7 Å². The third kappa shape index (κ3) is 131. The number of hydrogen-bond donors (Lipinski definition) is 1. The van der Waals surface area contributed by atoms with Crippen molar-refractivity contribution in [1.82, 2.24) is 0 Å². The molecule has 0 aliphatic rings. The summed E-state index contributed by atoms with van der Waals surface area (Å²) in [5.41, 5.74) is 0. The highest BCUT2D eigenvalue weighted by atomic mass is 32.1. The van der Waals surface area contributed by atoms with E-state index in [4.69, 9.17) is 5.41 Å². The second-order valence-corrected chi connectivity index (χ2v) is 1.31. The molecule has 0 aliphatic carbocycles. The first-order valence-electron chi connectivity index (χ1n) is 2.37. The lowest BCUT2D eigenvalue weighted by Crippen LogP contribution is -1.47. The minimum absolute atomic E-state index is 1.32. The lowest BCUT2D eigenvalue weighted by Gasteiger charge is -1.68. The van der Waals surface area contributed by atoms with Gasteiger partial charge in [0.15, 0.2) is 0 Å². The standard InChI is InChI=1S/C4H10.CHNS/c1-3-4-2;2-1-3/h3-4H2,1-2H3;2H. The van der Waals surface area contributed by atoms with Gasteiger partial charge in [0.2, 0.25) is 0 Å². The molecule has 0 aromatic rings. The summed E-state index contributed by atoms with van der Waals surface area (Å²) >= 11 is 3.81. The minimum atomic E-state index is 1.32. The molecule has 0 amide bonds. The average Bonchev–Trinajstić information content (AvgIpc) is 1.69. The van der Waals surface area contributed by atoms with Crippen molar-refractivity contribution >= 4 is 17.4 Å². The van der Waals surface area contributed by atoms with Gasteiger partial charge >= 0.3 is 0 Å². The largest absolute Gasteiger partial charge is 0.248 e. The number of isothiocyanates is 1. The summed E-state index contributed by atoms with van der Waals surface area (Å²) in [5, 5.41) is 7.36. The maximum atomic E-state index is 5.77. The summed E-state index contributed by atoms with van der Waals surface area (Å²) in [6.07, 6.45) is 2.64. The van der Waals surface area contributed by atoms with Gasteiger partial charge < -0.3 is 0 Å². The Morgan fingerprint density at radius 3 is 1.57 bits per heavy atom. The van der Waals surface area contributed by atoms with Crippen LogP contribution in [0.1, 0.15) is 26.7 Å². The van der Waals surface area contributed by atoms with Crippen LogP contribution in [0.5, 0.6) is 0 Å². The summed E-state index contributed by atoms with van der Waals surface area (Å²) < 4.78 is 0. The Balaban J connectivity index is 0. The normalized spacial score (nSPS) is 5.43. The van der Waals surface area contributed by atoms with E-state index in [-0.39, 0.29) is 0 Å². The minimum Gasteiger partial charge on any atom is -0.248 e. The Labute approximate surface area is 50.2 Å². The zero-order valence-electron chi connectivity index (χ0n) is 4.82. The summed E-state index contributed by atoms with van der Waals surface area (Å²) in [6.45, 7) is 4.36. The predicted molar refractivity (Wildman–Crippen MR) is 35.9 cm³/mol. The van der Waals surface area contributed by atoms with Gasteiger partial charge in [-0.3, -0.25) is 0 Å². The Bertz CT molecular complexity index is 44.0. The molecular formula is C5H11NS. The topological polar surface area (TPSA) is 23.9 Å². The van der Waals surface area contributed by atoms with Gasteiger partial charge in [-0.05, 0) is 12.2 Å². The molecular weight excluding hydrogens is 106 g/mol. The van der Waals surface area contributed by atoms with Gasteiger partial charge in [0, 0.05) is 0 Å². The van der Waals surface area contributed by atoms with E-state index in [1.807, 2.05) is 0 Å². The number of unbranched alkanes of at least 4 members (excludes halogenated alkanes) is 1. The van der Waals surface area contributed by atoms with E-state index in [9.17, 15) is 0 Å². The zero-order chi connectivity index (χ0) is 6.12. The van der Waals surface area contributed by atoms with E-state index in [0.717, 1.165) is 0 Å². The predicted octanol–water partition coefficient (Wildman–Crippen LogP) is 2.47. The monoisotopic (exact) mass is 117 g/mol. The van der Waals surface area contributed by atoms with E-state index in [2.05, 4.69) is 26.1 Å². The van der Waals surface area contributed by atoms with E-state index in [1.54, 1.807) is 5.16 Å². The van der Waals surface area contributed by atoms with E-state index < -0.39 is 0 Å². The van der Waals surface area contributed by atoms with E-state index >= 15 is 0 Å². The van der Waals surface area contributed by atoms with Crippen LogP contribution in [0.4, 0.5) is 0 Å².